The smallest absolute Gasteiger partial charge is 0.241 e. The van der Waals surface area contributed by atoms with Gasteiger partial charge in [0.05, 0.1) is 11.3 Å². The van der Waals surface area contributed by atoms with Crippen molar-refractivity contribution in [1.82, 2.24) is 0 Å². The minimum Gasteiger partial charge on any atom is -0.324 e. The summed E-state index contributed by atoms with van der Waals surface area (Å²) in [6, 6.07) is 7.30. The molecule has 0 unspecified atom stereocenters. The maximum atomic E-state index is 12.0. The molecule has 0 aliphatic heterocycles. The third kappa shape index (κ3) is 2.53. The number of carbonyl (C=O) groups excluding carboxylic acids is 1. The molecule has 88 valence electrons. The monoisotopic (exact) mass is 356 g/mol. The van der Waals surface area contributed by atoms with Gasteiger partial charge in [-0.3, -0.25) is 4.79 Å². The minimum absolute atomic E-state index is 0.0671. The van der Waals surface area contributed by atoms with Crippen LogP contribution in [0.2, 0.25) is 0 Å². The van der Waals surface area contributed by atoms with E-state index < -0.39 is 4.32 Å². The van der Waals surface area contributed by atoms with Crippen LogP contribution in [0.3, 0.4) is 0 Å². The summed E-state index contributed by atoms with van der Waals surface area (Å²) in [5, 5.41) is 11.8. The lowest BCUT2D eigenvalue weighted by Crippen LogP contribution is -2.43. The Morgan fingerprint density at radius 1 is 1.47 bits per heavy atom. The normalized spacial score (nSPS) is 16.8. The molecule has 0 aromatic heterocycles. The van der Waals surface area contributed by atoms with Crippen LogP contribution in [0, 0.1) is 11.3 Å². The SMILES string of the molecule is N#Cc1cc(Br)ccc1NC(=O)C1(Br)CCC1. The number of carbonyl (C=O) groups is 1. The van der Waals surface area contributed by atoms with E-state index in [-0.39, 0.29) is 5.91 Å². The molecule has 1 aromatic rings. The van der Waals surface area contributed by atoms with Crippen LogP contribution in [-0.4, -0.2) is 10.2 Å². The summed E-state index contributed by atoms with van der Waals surface area (Å²) in [4.78, 5) is 12.0. The van der Waals surface area contributed by atoms with Crippen molar-refractivity contribution in [3.05, 3.63) is 28.2 Å². The third-order valence-electron chi connectivity index (χ3n) is 2.90. The average Bonchev–Trinajstić information content (AvgIpc) is 2.28. The Kier molecular flexibility index (Phi) is 3.55. The van der Waals surface area contributed by atoms with Gasteiger partial charge in [-0.2, -0.15) is 5.26 Å². The topological polar surface area (TPSA) is 52.9 Å². The van der Waals surface area contributed by atoms with Crippen LogP contribution in [-0.2, 0) is 4.79 Å². The summed E-state index contributed by atoms with van der Waals surface area (Å²) in [5.74, 6) is -0.0671. The number of rotatable bonds is 2. The Morgan fingerprint density at radius 2 is 2.18 bits per heavy atom. The Bertz CT molecular complexity index is 504. The van der Waals surface area contributed by atoms with E-state index in [0.717, 1.165) is 23.7 Å². The van der Waals surface area contributed by atoms with Crippen molar-refractivity contribution in [2.24, 2.45) is 0 Å². The highest BCUT2D eigenvalue weighted by Gasteiger charge is 2.41. The lowest BCUT2D eigenvalue weighted by atomic mass is 9.84. The molecule has 0 radical (unpaired) electrons. The van der Waals surface area contributed by atoms with Gasteiger partial charge in [0, 0.05) is 4.47 Å². The molecular formula is C12H10Br2N2O. The predicted molar refractivity (Wildman–Crippen MR) is 73.0 cm³/mol. The summed E-state index contributed by atoms with van der Waals surface area (Å²) in [6.07, 6.45) is 2.75. The molecular weight excluding hydrogens is 348 g/mol. The van der Waals surface area contributed by atoms with E-state index in [2.05, 4.69) is 43.2 Å². The minimum atomic E-state index is -0.438. The fraction of sp³-hybridized carbons (Fsp3) is 0.333. The number of amides is 1. The molecule has 1 aliphatic carbocycles. The van der Waals surface area contributed by atoms with E-state index in [1.54, 1.807) is 18.2 Å². The molecule has 1 aliphatic rings. The summed E-state index contributed by atoms with van der Waals surface area (Å²) >= 11 is 6.74. The first-order chi connectivity index (χ1) is 8.05. The van der Waals surface area contributed by atoms with E-state index in [4.69, 9.17) is 5.26 Å². The maximum absolute atomic E-state index is 12.0. The molecule has 1 amide bonds. The van der Waals surface area contributed by atoms with Crippen molar-refractivity contribution in [3.8, 4) is 6.07 Å². The number of nitrogens with one attached hydrogen (secondary N) is 1. The fourth-order valence-corrected chi connectivity index (χ4v) is 2.69. The summed E-state index contributed by atoms with van der Waals surface area (Å²) in [6.45, 7) is 0. The molecule has 1 saturated carbocycles. The zero-order chi connectivity index (χ0) is 12.5. The number of nitrogens with zero attached hydrogens (tertiary/aromatic N) is 1. The third-order valence-corrected chi connectivity index (χ3v) is 4.55. The Labute approximate surface area is 116 Å². The fourth-order valence-electron chi connectivity index (χ4n) is 1.67. The number of halogens is 2. The Morgan fingerprint density at radius 3 is 2.71 bits per heavy atom. The van der Waals surface area contributed by atoms with Crippen molar-refractivity contribution in [1.29, 1.82) is 5.26 Å². The summed E-state index contributed by atoms with van der Waals surface area (Å²) < 4.78 is 0.386. The van der Waals surface area contributed by atoms with Gasteiger partial charge in [-0.05, 0) is 37.5 Å². The molecule has 0 atom stereocenters. The van der Waals surface area contributed by atoms with Gasteiger partial charge in [-0.1, -0.05) is 31.9 Å². The van der Waals surface area contributed by atoms with Crippen LogP contribution < -0.4 is 5.32 Å². The summed E-state index contributed by atoms with van der Waals surface area (Å²) in [5.41, 5.74) is 1.02. The predicted octanol–water partition coefficient (Wildman–Crippen LogP) is 3.58. The van der Waals surface area contributed by atoms with Gasteiger partial charge in [0.25, 0.3) is 0 Å². The first-order valence-corrected chi connectivity index (χ1v) is 6.84. The van der Waals surface area contributed by atoms with E-state index >= 15 is 0 Å². The van der Waals surface area contributed by atoms with E-state index in [1.165, 1.54) is 0 Å². The molecule has 0 heterocycles. The van der Waals surface area contributed by atoms with Crippen LogP contribution in [0.25, 0.3) is 0 Å². The van der Waals surface area contributed by atoms with Crippen LogP contribution in [0.4, 0.5) is 5.69 Å². The molecule has 0 spiro atoms. The molecule has 2 rings (SSSR count). The van der Waals surface area contributed by atoms with Crippen molar-refractivity contribution in [2.45, 2.75) is 23.6 Å². The van der Waals surface area contributed by atoms with Crippen LogP contribution in [0.15, 0.2) is 22.7 Å². The Hall–Kier alpha value is -0.860. The quantitative estimate of drug-likeness (QED) is 0.822. The number of benzene rings is 1. The molecule has 1 aromatic carbocycles. The van der Waals surface area contributed by atoms with Gasteiger partial charge >= 0.3 is 0 Å². The number of alkyl halides is 1. The van der Waals surface area contributed by atoms with E-state index in [0.29, 0.717) is 11.3 Å². The molecule has 0 bridgehead atoms. The lowest BCUT2D eigenvalue weighted by Gasteiger charge is -2.34. The molecule has 0 saturated heterocycles. The lowest BCUT2D eigenvalue weighted by molar-refractivity contribution is -0.120. The number of anilines is 1. The van der Waals surface area contributed by atoms with Gasteiger partial charge in [-0.15, -0.1) is 0 Å². The molecule has 1 fully saturated rings. The van der Waals surface area contributed by atoms with E-state index in [1.807, 2.05) is 0 Å². The molecule has 3 nitrogen and oxygen atoms in total. The molecule has 5 heteroatoms. The van der Waals surface area contributed by atoms with Crippen LogP contribution in [0.5, 0.6) is 0 Å². The number of hydrogen-bond donors (Lipinski definition) is 1. The highest BCUT2D eigenvalue weighted by atomic mass is 79.9. The van der Waals surface area contributed by atoms with Gasteiger partial charge in [0.2, 0.25) is 5.91 Å². The Balaban J connectivity index is 2.19. The largest absolute Gasteiger partial charge is 0.324 e. The number of hydrogen-bond acceptors (Lipinski definition) is 2. The van der Waals surface area contributed by atoms with Gasteiger partial charge in [-0.25, -0.2) is 0 Å². The average molecular weight is 358 g/mol. The maximum Gasteiger partial charge on any atom is 0.241 e. The standard InChI is InChI=1S/C12H10Br2N2O/c13-9-2-3-10(8(6-9)7-15)16-11(17)12(14)4-1-5-12/h2-3,6H,1,4-5H2,(H,16,17). The van der Waals surface area contributed by atoms with Gasteiger partial charge < -0.3 is 5.32 Å². The van der Waals surface area contributed by atoms with Crippen molar-refractivity contribution in [3.63, 3.8) is 0 Å². The zero-order valence-corrected chi connectivity index (χ0v) is 12.1. The van der Waals surface area contributed by atoms with Crippen molar-refractivity contribution in [2.75, 3.05) is 5.32 Å². The molecule has 17 heavy (non-hydrogen) atoms. The van der Waals surface area contributed by atoms with Crippen LogP contribution in [0.1, 0.15) is 24.8 Å². The highest BCUT2D eigenvalue weighted by Crippen LogP contribution is 2.41. The second-order valence-corrected chi connectivity index (χ2v) is 6.51. The second kappa shape index (κ2) is 4.79. The van der Waals surface area contributed by atoms with Crippen molar-refractivity contribution < 1.29 is 4.79 Å². The summed E-state index contributed by atoms with van der Waals surface area (Å²) in [7, 11) is 0. The van der Waals surface area contributed by atoms with Gasteiger partial charge in [0.15, 0.2) is 0 Å². The first kappa shape index (κ1) is 12.6. The van der Waals surface area contributed by atoms with E-state index in [9.17, 15) is 4.79 Å². The van der Waals surface area contributed by atoms with Crippen molar-refractivity contribution >= 4 is 43.5 Å². The second-order valence-electron chi connectivity index (χ2n) is 4.07. The zero-order valence-electron chi connectivity index (χ0n) is 8.96. The first-order valence-electron chi connectivity index (χ1n) is 5.25. The van der Waals surface area contributed by atoms with Crippen LogP contribution >= 0.6 is 31.9 Å². The highest BCUT2D eigenvalue weighted by molar-refractivity contribution is 9.10. The number of nitriles is 1. The molecule has 1 N–H and O–H groups in total. The van der Waals surface area contributed by atoms with Gasteiger partial charge in [0.1, 0.15) is 10.4 Å².